The van der Waals surface area contributed by atoms with Crippen molar-refractivity contribution < 1.29 is 17.4 Å². The quantitative estimate of drug-likeness (QED) is 0.258. The van der Waals surface area contributed by atoms with Gasteiger partial charge in [-0.05, 0) is 30.4 Å². The van der Waals surface area contributed by atoms with Gasteiger partial charge in [-0.1, -0.05) is 60.7 Å². The molecule has 24 heavy (non-hydrogen) atoms. The summed E-state index contributed by atoms with van der Waals surface area (Å²) in [5, 5.41) is 3.94. The molecule has 0 unspecified atom stereocenters. The van der Waals surface area contributed by atoms with Crippen LogP contribution in [0.2, 0.25) is 15.1 Å². The molecular weight excluding hydrogens is 397 g/mol. The highest BCUT2D eigenvalue weighted by Gasteiger charge is 2.29. The third-order valence-electron chi connectivity index (χ3n) is 3.71. The van der Waals surface area contributed by atoms with E-state index in [0.717, 1.165) is 0 Å². The maximum atomic E-state index is 12.6. The first-order valence-electron chi connectivity index (χ1n) is 7.28. The van der Waals surface area contributed by atoms with Gasteiger partial charge in [0.25, 0.3) is 10.1 Å². The Balaban J connectivity index is 3.07. The maximum Gasteiger partial charge on any atom is 0.298 e. The van der Waals surface area contributed by atoms with Crippen molar-refractivity contribution in [2.75, 3.05) is 7.11 Å². The van der Waals surface area contributed by atoms with Gasteiger partial charge < -0.3 is 4.84 Å². The van der Waals surface area contributed by atoms with E-state index >= 15 is 0 Å². The summed E-state index contributed by atoms with van der Waals surface area (Å²) in [6.07, 6.45) is 1.54. The van der Waals surface area contributed by atoms with Crippen molar-refractivity contribution in [3.05, 3.63) is 27.2 Å². The van der Waals surface area contributed by atoms with Gasteiger partial charge in [0, 0.05) is 6.21 Å². The predicted octanol–water partition coefficient (Wildman–Crippen LogP) is 5.04. The minimum Gasteiger partial charge on any atom is -0.399 e. The lowest BCUT2D eigenvalue weighted by Gasteiger charge is -2.25. The van der Waals surface area contributed by atoms with E-state index in [1.54, 1.807) is 6.21 Å². The molecule has 0 aliphatic carbocycles. The second kappa shape index (κ2) is 9.25. The Kier molecular flexibility index (Phi) is 8.29. The minimum absolute atomic E-state index is 0.0408. The fourth-order valence-electron chi connectivity index (χ4n) is 2.07. The van der Waals surface area contributed by atoms with Crippen molar-refractivity contribution >= 4 is 51.1 Å². The summed E-state index contributed by atoms with van der Waals surface area (Å²) in [6.45, 7) is 5.62. The highest BCUT2D eigenvalue weighted by molar-refractivity contribution is 7.87. The summed E-state index contributed by atoms with van der Waals surface area (Å²) in [5.41, 5.74) is 0. The number of hydrogen-bond donors (Lipinski definition) is 0. The lowest BCUT2D eigenvalue weighted by molar-refractivity contribution is 0.129. The van der Waals surface area contributed by atoms with E-state index in [0.29, 0.717) is 6.42 Å². The van der Waals surface area contributed by atoms with Crippen LogP contribution in [0.3, 0.4) is 0 Å². The molecule has 0 aliphatic rings. The Hall–Kier alpha value is -0.530. The Morgan fingerprint density at radius 1 is 1.17 bits per heavy atom. The van der Waals surface area contributed by atoms with Crippen LogP contribution in [0.1, 0.15) is 27.2 Å². The molecule has 136 valence electrons. The number of rotatable bonds is 8. The first-order chi connectivity index (χ1) is 11.1. The molecule has 0 aliphatic heterocycles. The Morgan fingerprint density at radius 2 is 1.75 bits per heavy atom. The standard InChI is InChI=1S/C15H20Cl3NO4S/c1-5-14(10(3)9(2)8-19-22-4)23-24(20,21)15-7-12(17)11(16)6-13(15)18/h6-10,14H,5H2,1-4H3/t9-,10+,14-/m1/s1. The molecule has 0 heterocycles. The van der Waals surface area contributed by atoms with Gasteiger partial charge in [0.2, 0.25) is 0 Å². The fourth-order valence-corrected chi connectivity index (χ4v) is 4.26. The summed E-state index contributed by atoms with van der Waals surface area (Å²) in [7, 11) is -2.65. The van der Waals surface area contributed by atoms with Crippen LogP contribution in [-0.4, -0.2) is 27.8 Å². The SMILES string of the molecule is CC[C@@H](OS(=O)(=O)c1cc(Cl)c(Cl)cc1Cl)[C@@H](C)[C@H](C)C=NOC. The lowest BCUT2D eigenvalue weighted by atomic mass is 9.90. The third-order valence-corrected chi connectivity index (χ3v) is 6.24. The van der Waals surface area contributed by atoms with E-state index in [1.165, 1.54) is 19.2 Å². The van der Waals surface area contributed by atoms with Crippen molar-refractivity contribution in [1.29, 1.82) is 0 Å². The normalized spacial score (nSPS) is 16.1. The Labute approximate surface area is 158 Å². The van der Waals surface area contributed by atoms with Gasteiger partial charge in [-0.3, -0.25) is 4.18 Å². The first-order valence-corrected chi connectivity index (χ1v) is 9.82. The molecule has 1 aromatic rings. The number of hydrogen-bond acceptors (Lipinski definition) is 5. The van der Waals surface area contributed by atoms with Crippen LogP contribution in [0.4, 0.5) is 0 Å². The smallest absolute Gasteiger partial charge is 0.298 e. The highest BCUT2D eigenvalue weighted by Crippen LogP contribution is 2.34. The predicted molar refractivity (Wildman–Crippen MR) is 97.7 cm³/mol. The molecule has 0 saturated carbocycles. The number of benzene rings is 1. The van der Waals surface area contributed by atoms with E-state index in [4.69, 9.17) is 39.0 Å². The number of oxime groups is 1. The van der Waals surface area contributed by atoms with Crippen molar-refractivity contribution in [2.24, 2.45) is 17.0 Å². The molecule has 1 aromatic carbocycles. The van der Waals surface area contributed by atoms with Crippen molar-refractivity contribution in [2.45, 2.75) is 38.2 Å². The minimum atomic E-state index is -4.09. The summed E-state index contributed by atoms with van der Waals surface area (Å²) in [6, 6.07) is 2.47. The lowest BCUT2D eigenvalue weighted by Crippen LogP contribution is -2.29. The van der Waals surface area contributed by atoms with Crippen LogP contribution < -0.4 is 0 Å². The molecule has 0 bridgehead atoms. The maximum absolute atomic E-state index is 12.6. The summed E-state index contributed by atoms with van der Waals surface area (Å²) in [5.74, 6) is -0.167. The molecule has 0 amide bonds. The molecule has 5 nitrogen and oxygen atoms in total. The second-order valence-corrected chi connectivity index (χ2v) is 8.11. The molecule has 0 saturated heterocycles. The van der Waals surface area contributed by atoms with Crippen molar-refractivity contribution in [1.82, 2.24) is 0 Å². The highest BCUT2D eigenvalue weighted by atomic mass is 35.5. The largest absolute Gasteiger partial charge is 0.399 e. The van der Waals surface area contributed by atoms with Crippen LogP contribution in [0, 0.1) is 11.8 Å². The summed E-state index contributed by atoms with van der Waals surface area (Å²) >= 11 is 17.7. The fraction of sp³-hybridized carbons (Fsp3) is 0.533. The average molecular weight is 417 g/mol. The number of halogens is 3. The van der Waals surface area contributed by atoms with Crippen LogP contribution >= 0.6 is 34.8 Å². The topological polar surface area (TPSA) is 65.0 Å². The van der Waals surface area contributed by atoms with Crippen molar-refractivity contribution in [3.63, 3.8) is 0 Å². The van der Waals surface area contributed by atoms with E-state index in [2.05, 4.69) is 9.99 Å². The van der Waals surface area contributed by atoms with Gasteiger partial charge in [0.1, 0.15) is 12.0 Å². The molecule has 3 atom stereocenters. The second-order valence-electron chi connectivity index (χ2n) is 5.35. The molecule has 0 fully saturated rings. The van der Waals surface area contributed by atoms with Gasteiger partial charge in [-0.2, -0.15) is 8.42 Å². The summed E-state index contributed by atoms with van der Waals surface area (Å²) < 4.78 is 30.5. The molecule has 9 heteroatoms. The molecule has 0 radical (unpaired) electrons. The van der Waals surface area contributed by atoms with Crippen LogP contribution in [0.25, 0.3) is 0 Å². The monoisotopic (exact) mass is 415 g/mol. The van der Waals surface area contributed by atoms with E-state index in [9.17, 15) is 8.42 Å². The molecule has 0 aromatic heterocycles. The van der Waals surface area contributed by atoms with Gasteiger partial charge in [0.05, 0.1) is 21.2 Å². The number of nitrogens with zero attached hydrogens (tertiary/aromatic N) is 1. The molecule has 0 N–H and O–H groups in total. The third kappa shape index (κ3) is 5.49. The van der Waals surface area contributed by atoms with Gasteiger partial charge in [-0.25, -0.2) is 0 Å². The van der Waals surface area contributed by atoms with Crippen molar-refractivity contribution in [3.8, 4) is 0 Å². The van der Waals surface area contributed by atoms with Crippen LogP contribution in [0.15, 0.2) is 22.2 Å². The average Bonchev–Trinajstić information content (AvgIpc) is 2.52. The van der Waals surface area contributed by atoms with Gasteiger partial charge in [-0.15, -0.1) is 0 Å². The molecule has 1 rings (SSSR count). The van der Waals surface area contributed by atoms with Crippen LogP contribution in [0.5, 0.6) is 0 Å². The summed E-state index contributed by atoms with van der Waals surface area (Å²) in [4.78, 5) is 4.45. The Bertz CT molecular complexity index is 694. The molecular formula is C15H20Cl3NO4S. The van der Waals surface area contributed by atoms with Crippen LogP contribution in [-0.2, 0) is 19.1 Å². The van der Waals surface area contributed by atoms with E-state index < -0.39 is 16.2 Å². The molecule has 0 spiro atoms. The first kappa shape index (κ1) is 21.5. The van der Waals surface area contributed by atoms with Gasteiger partial charge >= 0.3 is 0 Å². The van der Waals surface area contributed by atoms with E-state index in [1.807, 2.05) is 20.8 Å². The van der Waals surface area contributed by atoms with Gasteiger partial charge in [0.15, 0.2) is 0 Å². The zero-order valence-corrected chi connectivity index (χ0v) is 16.9. The van der Waals surface area contributed by atoms with E-state index in [-0.39, 0.29) is 31.8 Å². The zero-order valence-electron chi connectivity index (χ0n) is 13.8. The zero-order chi connectivity index (χ0) is 18.5. The Morgan fingerprint density at radius 3 is 2.29 bits per heavy atom.